The number of benzene rings is 2. The average Bonchev–Trinajstić information content (AvgIpc) is 3.94. The zero-order valence-corrected chi connectivity index (χ0v) is 30.7. The summed E-state index contributed by atoms with van der Waals surface area (Å²) < 4.78 is 54.4. The van der Waals surface area contributed by atoms with E-state index in [0.717, 1.165) is 35.3 Å². The van der Waals surface area contributed by atoms with Crippen LogP contribution in [0.1, 0.15) is 74.9 Å². The number of aromatic nitrogens is 5. The molecule has 54 heavy (non-hydrogen) atoms. The molecule has 5 aromatic rings. The molecule has 12 nitrogen and oxygen atoms in total. The molecule has 5 heterocycles. The van der Waals surface area contributed by atoms with Crippen LogP contribution in [0.4, 0.5) is 23.0 Å². The van der Waals surface area contributed by atoms with Gasteiger partial charge in [-0.2, -0.15) is 20.5 Å². The molecule has 8 rings (SSSR count). The summed E-state index contributed by atoms with van der Waals surface area (Å²) in [5, 5.41) is 27.5. The molecule has 2 aliphatic heterocycles. The van der Waals surface area contributed by atoms with Crippen molar-refractivity contribution in [1.82, 2.24) is 34.5 Å². The predicted octanol–water partition coefficient (Wildman–Crippen LogP) is 7.33. The van der Waals surface area contributed by atoms with Crippen molar-refractivity contribution in [3.8, 4) is 29.3 Å². The summed E-state index contributed by atoms with van der Waals surface area (Å²) in [6.45, 7) is 3.40. The Morgan fingerprint density at radius 1 is 1.22 bits per heavy atom. The van der Waals surface area contributed by atoms with Crippen LogP contribution < -0.4 is 10.5 Å². The van der Waals surface area contributed by atoms with Gasteiger partial charge in [0.25, 0.3) is 0 Å². The third-order valence-electron chi connectivity index (χ3n) is 11.2. The second-order valence-electron chi connectivity index (χ2n) is 14.2. The van der Waals surface area contributed by atoms with E-state index in [0.29, 0.717) is 56.3 Å². The fourth-order valence-corrected chi connectivity index (χ4v) is 10.1. The minimum atomic E-state index is -0.980. The maximum Gasteiger partial charge on any atom is 0.331 e. The van der Waals surface area contributed by atoms with Crippen molar-refractivity contribution in [1.29, 1.82) is 10.5 Å². The molecule has 3 aromatic heterocycles. The van der Waals surface area contributed by atoms with Gasteiger partial charge >= 0.3 is 12.0 Å². The van der Waals surface area contributed by atoms with E-state index >= 15 is 4.39 Å². The summed E-state index contributed by atoms with van der Waals surface area (Å²) in [5.41, 5.74) is 6.10. The Labute approximate surface area is 316 Å². The van der Waals surface area contributed by atoms with Crippen molar-refractivity contribution in [2.45, 2.75) is 75.5 Å². The Balaban J connectivity index is 1.24. The van der Waals surface area contributed by atoms with Crippen molar-refractivity contribution < 1.29 is 22.7 Å². The number of hydrogen-bond acceptors (Lipinski definition) is 11. The van der Waals surface area contributed by atoms with Crippen LogP contribution in [0.2, 0.25) is 5.02 Å². The highest BCUT2D eigenvalue weighted by atomic mass is 35.5. The van der Waals surface area contributed by atoms with E-state index in [4.69, 9.17) is 27.1 Å². The lowest BCUT2D eigenvalue weighted by Gasteiger charge is -2.37. The molecule has 0 bridgehead atoms. The highest BCUT2D eigenvalue weighted by molar-refractivity contribution is 7.23. The number of nitrogen functional groups attached to an aromatic ring is 1. The summed E-state index contributed by atoms with van der Waals surface area (Å²) in [7, 11) is 0. The van der Waals surface area contributed by atoms with Crippen molar-refractivity contribution >= 4 is 55.0 Å². The van der Waals surface area contributed by atoms with E-state index in [9.17, 15) is 24.1 Å². The van der Waals surface area contributed by atoms with Gasteiger partial charge in [0.15, 0.2) is 5.82 Å². The molecule has 0 spiro atoms. The molecular formula is C37H34ClF3N10O2S. The topological polar surface area (TPSA) is 163 Å². The van der Waals surface area contributed by atoms with Gasteiger partial charge in [0, 0.05) is 47.8 Å². The number of alkyl halides is 1. The number of anilines is 1. The number of carbonyl (C=O) groups is 1. The number of thiophene rings is 1. The smallest absolute Gasteiger partial charge is 0.331 e. The van der Waals surface area contributed by atoms with E-state index in [2.05, 4.69) is 20.1 Å². The Bertz CT molecular complexity index is 2410. The fourth-order valence-electron chi connectivity index (χ4n) is 8.81. The van der Waals surface area contributed by atoms with Gasteiger partial charge in [-0.3, -0.25) is 4.90 Å². The van der Waals surface area contributed by atoms with Crippen molar-refractivity contribution in [3.63, 3.8) is 0 Å². The van der Waals surface area contributed by atoms with Crippen LogP contribution in [0.15, 0.2) is 24.5 Å². The quantitative estimate of drug-likeness (QED) is 0.177. The van der Waals surface area contributed by atoms with Crippen LogP contribution >= 0.6 is 22.9 Å². The van der Waals surface area contributed by atoms with Crippen LogP contribution in [0.25, 0.3) is 32.1 Å². The molecule has 3 fully saturated rings. The molecule has 2 N–H and O–H groups in total. The summed E-state index contributed by atoms with van der Waals surface area (Å²) in [6, 6.07) is 7.27. The maximum absolute atomic E-state index is 17.2. The number of ether oxygens (including phenoxy) is 1. The van der Waals surface area contributed by atoms with Gasteiger partial charge in [0.2, 0.25) is 5.82 Å². The summed E-state index contributed by atoms with van der Waals surface area (Å²) in [4.78, 5) is 26.9. The number of carbonyl (C=O) groups excluding carboxylic acids is 1. The number of amides is 1. The Morgan fingerprint density at radius 2 is 2.06 bits per heavy atom. The predicted molar refractivity (Wildman–Crippen MR) is 196 cm³/mol. The molecule has 3 aliphatic rings. The van der Waals surface area contributed by atoms with E-state index in [1.165, 1.54) is 18.5 Å². The lowest BCUT2D eigenvalue weighted by molar-refractivity contribution is 0.107. The molecule has 2 aromatic carbocycles. The molecule has 17 heteroatoms. The highest BCUT2D eigenvalue weighted by Crippen LogP contribution is 2.47. The zero-order chi connectivity index (χ0) is 37.9. The number of nitrogens with zero attached hydrogens (tertiary/aromatic N) is 9. The first-order valence-electron chi connectivity index (χ1n) is 17.8. The molecule has 1 aliphatic carbocycles. The number of rotatable bonds is 7. The van der Waals surface area contributed by atoms with Crippen LogP contribution in [0.3, 0.4) is 0 Å². The van der Waals surface area contributed by atoms with Gasteiger partial charge < -0.3 is 15.4 Å². The summed E-state index contributed by atoms with van der Waals surface area (Å²) in [6.07, 6.45) is 4.71. The first-order valence-corrected chi connectivity index (χ1v) is 19.0. The number of nitriles is 2. The van der Waals surface area contributed by atoms with Gasteiger partial charge in [-0.05, 0) is 63.3 Å². The lowest BCUT2D eigenvalue weighted by Crippen LogP contribution is -2.44. The van der Waals surface area contributed by atoms with Gasteiger partial charge in [-0.1, -0.05) is 24.1 Å². The third-order valence-corrected chi connectivity index (χ3v) is 12.6. The summed E-state index contributed by atoms with van der Waals surface area (Å²) >= 11 is 7.82. The molecule has 2 saturated heterocycles. The standard InChI is InChI=1S/C37H34ClF3N10O2S/c1-2-50(36(52)51-18-45-48-27(51)15-43)21-6-3-5-19(11-21)31-23-12-25(38)29(22-7-8-26(40)33-28(22)24(14-42)34(44)54-33)30(41)32(23)47-35(46-31)53-17-37-9-4-10-49(37)16-20(39)13-37/h7-8,12,18-21H,2-6,9-11,13,16-17,44H2,1H3/t19?,20-,21?,37+/m1/s1. The molecule has 1 amide bonds. The SMILES string of the molecule is CCN(C(=O)n1cnnc1C#N)C1CCCC(c2nc(OC[C@@]34CCCN3C[C@H](F)C4)nc3c(F)c(-c4ccc(F)c5sc(N)c(C#N)c45)c(Cl)cc23)C1. The maximum atomic E-state index is 17.2. The summed E-state index contributed by atoms with van der Waals surface area (Å²) in [5.74, 6) is -1.83. The van der Waals surface area contributed by atoms with Crippen LogP contribution in [0.5, 0.6) is 6.01 Å². The van der Waals surface area contributed by atoms with Crippen molar-refractivity contribution in [2.75, 3.05) is 32.0 Å². The largest absolute Gasteiger partial charge is 0.461 e. The Morgan fingerprint density at radius 3 is 2.83 bits per heavy atom. The molecule has 1 saturated carbocycles. The Kier molecular flexibility index (Phi) is 9.32. The van der Waals surface area contributed by atoms with Crippen LogP contribution in [-0.2, 0) is 0 Å². The fraction of sp³-hybridized carbons (Fsp3) is 0.432. The average molecular weight is 775 g/mol. The van der Waals surface area contributed by atoms with Gasteiger partial charge in [0.1, 0.15) is 47.6 Å². The van der Waals surface area contributed by atoms with Crippen molar-refractivity contribution in [2.24, 2.45) is 0 Å². The second kappa shape index (κ2) is 14.0. The first-order chi connectivity index (χ1) is 26.1. The minimum Gasteiger partial charge on any atom is -0.461 e. The van der Waals surface area contributed by atoms with Gasteiger partial charge in [0.05, 0.1) is 26.5 Å². The van der Waals surface area contributed by atoms with E-state index in [1.54, 1.807) is 11.0 Å². The van der Waals surface area contributed by atoms with Gasteiger partial charge in [-0.25, -0.2) is 22.5 Å². The molecule has 2 unspecified atom stereocenters. The zero-order valence-electron chi connectivity index (χ0n) is 29.2. The van der Waals surface area contributed by atoms with E-state index < -0.39 is 29.4 Å². The lowest BCUT2D eigenvalue weighted by atomic mass is 9.81. The molecule has 278 valence electrons. The van der Waals surface area contributed by atoms with E-state index in [1.807, 2.05) is 19.1 Å². The van der Waals surface area contributed by atoms with Gasteiger partial charge in [-0.15, -0.1) is 21.5 Å². The van der Waals surface area contributed by atoms with E-state index in [-0.39, 0.29) is 72.7 Å². The first kappa shape index (κ1) is 36.0. The number of fused-ring (bicyclic) bond motifs is 3. The van der Waals surface area contributed by atoms with Crippen molar-refractivity contribution in [3.05, 3.63) is 58.3 Å². The minimum absolute atomic E-state index is 0.00474. The Hall–Kier alpha value is -5.03. The highest BCUT2D eigenvalue weighted by Gasteiger charge is 2.49. The van der Waals surface area contributed by atoms with Crippen LogP contribution in [0, 0.1) is 34.3 Å². The molecule has 0 radical (unpaired) electrons. The second-order valence-corrected chi connectivity index (χ2v) is 15.6. The molecule has 4 atom stereocenters. The normalized spacial score (nSPS) is 22.7. The number of halogens is 4. The number of nitrogens with two attached hydrogens (primary N) is 1. The molecular weight excluding hydrogens is 741 g/mol. The monoisotopic (exact) mass is 774 g/mol. The number of hydrogen-bond donors (Lipinski definition) is 1. The van der Waals surface area contributed by atoms with Crippen LogP contribution in [-0.4, -0.2) is 84.6 Å². The third kappa shape index (κ3) is 5.88.